The molecule has 0 aliphatic carbocycles. The number of alkyl halides is 3. The molecule has 0 aromatic rings. The third-order valence-electron chi connectivity index (χ3n) is 1.55. The fraction of sp³-hybridized carbons (Fsp3) is 0.333. The van der Waals surface area contributed by atoms with Crippen molar-refractivity contribution in [3.63, 3.8) is 0 Å². The second-order valence-electron chi connectivity index (χ2n) is 2.50. The van der Waals surface area contributed by atoms with Crippen LogP contribution in [-0.4, -0.2) is 19.3 Å². The van der Waals surface area contributed by atoms with Crippen LogP contribution in [0.4, 0.5) is 13.2 Å². The zero-order chi connectivity index (χ0) is 11.4. The van der Waals surface area contributed by atoms with Crippen molar-refractivity contribution < 1.29 is 17.9 Å². The molecule has 0 fully saturated rings. The van der Waals surface area contributed by atoms with E-state index in [1.54, 1.807) is 0 Å². The molecule has 1 unspecified atom stereocenters. The topological polar surface area (TPSA) is 35.2 Å². The second kappa shape index (κ2) is 4.85. The highest BCUT2D eigenvalue weighted by Gasteiger charge is 2.40. The summed E-state index contributed by atoms with van der Waals surface area (Å²) >= 11 is 0. The molecule has 2 N–H and O–H groups in total. The monoisotopic (exact) mass is 207 g/mol. The smallest absolute Gasteiger partial charge is 0.407 e. The number of hydrogen-bond acceptors (Lipinski definition) is 2. The molecular formula is C9H12F3NO. The number of halogens is 3. The number of nitrogens with two attached hydrogens (primary N) is 1. The van der Waals surface area contributed by atoms with Crippen molar-refractivity contribution in [1.29, 1.82) is 0 Å². The van der Waals surface area contributed by atoms with Gasteiger partial charge in [0.05, 0.1) is 7.11 Å². The van der Waals surface area contributed by atoms with E-state index >= 15 is 0 Å². The lowest BCUT2D eigenvalue weighted by Crippen LogP contribution is -2.39. The molecule has 80 valence electrons. The third-order valence-corrected chi connectivity index (χ3v) is 1.55. The zero-order valence-corrected chi connectivity index (χ0v) is 7.77. The van der Waals surface area contributed by atoms with Crippen molar-refractivity contribution in [3.05, 3.63) is 36.6 Å². The van der Waals surface area contributed by atoms with Gasteiger partial charge in [-0.25, -0.2) is 0 Å². The number of rotatable bonds is 4. The van der Waals surface area contributed by atoms with Crippen molar-refractivity contribution in [1.82, 2.24) is 0 Å². The summed E-state index contributed by atoms with van der Waals surface area (Å²) in [7, 11) is 1.22. The van der Waals surface area contributed by atoms with E-state index < -0.39 is 12.2 Å². The lowest BCUT2D eigenvalue weighted by molar-refractivity contribution is -0.139. The fourth-order valence-corrected chi connectivity index (χ4v) is 0.791. The SMILES string of the molecule is C=C/C=C(\C(=C)OC)C(N)C(F)(F)F. The normalized spacial score (nSPS) is 14.8. The molecule has 0 aromatic heterocycles. The molecule has 0 rings (SSSR count). The van der Waals surface area contributed by atoms with Crippen LogP contribution in [0.5, 0.6) is 0 Å². The van der Waals surface area contributed by atoms with Gasteiger partial charge in [0.1, 0.15) is 11.8 Å². The molecule has 0 aliphatic rings. The summed E-state index contributed by atoms with van der Waals surface area (Å²) in [5.41, 5.74) is 4.75. The van der Waals surface area contributed by atoms with Crippen LogP contribution in [0.25, 0.3) is 0 Å². The standard InChI is InChI=1S/C9H12F3NO/c1-4-5-7(6(2)14-3)8(13)9(10,11)12/h4-5,8H,1-2,13H2,3H3/b7-5+. The Labute approximate surface area is 80.5 Å². The van der Waals surface area contributed by atoms with Crippen molar-refractivity contribution in [2.24, 2.45) is 5.73 Å². The minimum absolute atomic E-state index is 0.116. The summed E-state index contributed by atoms with van der Waals surface area (Å²) in [6, 6.07) is -2.10. The van der Waals surface area contributed by atoms with Crippen LogP contribution in [-0.2, 0) is 4.74 Å². The van der Waals surface area contributed by atoms with Gasteiger partial charge in [0.2, 0.25) is 0 Å². The van der Waals surface area contributed by atoms with E-state index in [2.05, 4.69) is 17.9 Å². The van der Waals surface area contributed by atoms with Gasteiger partial charge in [-0.2, -0.15) is 13.2 Å². The third kappa shape index (κ3) is 3.26. The molecule has 0 aromatic carbocycles. The molecule has 0 bridgehead atoms. The average Bonchev–Trinajstić information content (AvgIpc) is 2.10. The van der Waals surface area contributed by atoms with E-state index in [0.29, 0.717) is 0 Å². The number of ether oxygens (including phenoxy) is 1. The summed E-state index contributed by atoms with van der Waals surface area (Å²) in [5.74, 6) is -0.116. The summed E-state index contributed by atoms with van der Waals surface area (Å²) < 4.78 is 41.3. The highest BCUT2D eigenvalue weighted by atomic mass is 19.4. The van der Waals surface area contributed by atoms with Gasteiger partial charge >= 0.3 is 6.18 Å². The Kier molecular flexibility index (Phi) is 4.43. The fourth-order valence-electron chi connectivity index (χ4n) is 0.791. The minimum Gasteiger partial charge on any atom is -0.497 e. The molecule has 0 radical (unpaired) electrons. The van der Waals surface area contributed by atoms with Crippen molar-refractivity contribution >= 4 is 0 Å². The molecule has 0 saturated heterocycles. The highest BCUT2D eigenvalue weighted by molar-refractivity contribution is 5.32. The summed E-state index contributed by atoms with van der Waals surface area (Å²) in [5, 5.41) is 0. The van der Waals surface area contributed by atoms with Crippen LogP contribution in [0.2, 0.25) is 0 Å². The van der Waals surface area contributed by atoms with Gasteiger partial charge in [-0.15, -0.1) is 0 Å². The Bertz CT molecular complexity index is 255. The molecule has 14 heavy (non-hydrogen) atoms. The number of hydrogen-bond donors (Lipinski definition) is 1. The Morgan fingerprint density at radius 2 is 2.00 bits per heavy atom. The lowest BCUT2D eigenvalue weighted by atomic mass is 10.1. The molecule has 0 aliphatic heterocycles. The van der Waals surface area contributed by atoms with Crippen LogP contribution >= 0.6 is 0 Å². The molecule has 0 saturated carbocycles. The molecule has 0 spiro atoms. The Morgan fingerprint density at radius 3 is 2.29 bits per heavy atom. The molecular weight excluding hydrogens is 195 g/mol. The van der Waals surface area contributed by atoms with Crippen molar-refractivity contribution in [2.75, 3.05) is 7.11 Å². The summed E-state index contributed by atoms with van der Waals surface area (Å²) in [4.78, 5) is 0. The predicted octanol–water partition coefficient (Wildman–Crippen LogP) is 2.15. The van der Waals surface area contributed by atoms with Crippen LogP contribution in [0.1, 0.15) is 0 Å². The highest BCUT2D eigenvalue weighted by Crippen LogP contribution is 2.27. The number of allylic oxidation sites excluding steroid dienone is 2. The van der Waals surface area contributed by atoms with Gasteiger partial charge in [0.15, 0.2) is 0 Å². The van der Waals surface area contributed by atoms with Gasteiger partial charge in [-0.1, -0.05) is 25.3 Å². The van der Waals surface area contributed by atoms with Gasteiger partial charge in [-0.05, 0) is 0 Å². The first-order valence-electron chi connectivity index (χ1n) is 3.72. The predicted molar refractivity (Wildman–Crippen MR) is 48.5 cm³/mol. The average molecular weight is 207 g/mol. The van der Waals surface area contributed by atoms with E-state index in [-0.39, 0.29) is 11.3 Å². The van der Waals surface area contributed by atoms with Crippen LogP contribution in [0, 0.1) is 0 Å². The molecule has 1 atom stereocenters. The minimum atomic E-state index is -4.52. The van der Waals surface area contributed by atoms with Crippen molar-refractivity contribution in [2.45, 2.75) is 12.2 Å². The maximum Gasteiger partial charge on any atom is 0.407 e. The van der Waals surface area contributed by atoms with Crippen LogP contribution in [0.3, 0.4) is 0 Å². The van der Waals surface area contributed by atoms with Crippen molar-refractivity contribution in [3.8, 4) is 0 Å². The van der Waals surface area contributed by atoms with E-state index in [4.69, 9.17) is 5.73 Å². The zero-order valence-electron chi connectivity index (χ0n) is 7.77. The second-order valence-corrected chi connectivity index (χ2v) is 2.50. The first-order valence-corrected chi connectivity index (χ1v) is 3.72. The molecule has 2 nitrogen and oxygen atoms in total. The quantitative estimate of drug-likeness (QED) is 0.566. The van der Waals surface area contributed by atoms with E-state index in [0.717, 1.165) is 6.08 Å². The Morgan fingerprint density at radius 1 is 1.50 bits per heavy atom. The van der Waals surface area contributed by atoms with Crippen LogP contribution in [0.15, 0.2) is 36.6 Å². The van der Waals surface area contributed by atoms with Gasteiger partial charge in [0, 0.05) is 5.57 Å². The Hall–Kier alpha value is -1.23. The molecule has 0 amide bonds. The lowest BCUT2D eigenvalue weighted by Gasteiger charge is -2.19. The van der Waals surface area contributed by atoms with E-state index in [1.165, 1.54) is 13.2 Å². The molecule has 0 heterocycles. The van der Waals surface area contributed by atoms with Gasteiger partial charge < -0.3 is 10.5 Å². The van der Waals surface area contributed by atoms with Gasteiger partial charge in [-0.3, -0.25) is 0 Å². The van der Waals surface area contributed by atoms with E-state index in [9.17, 15) is 13.2 Å². The summed E-state index contributed by atoms with van der Waals surface area (Å²) in [6.45, 7) is 6.59. The maximum atomic E-state index is 12.2. The van der Waals surface area contributed by atoms with Gasteiger partial charge in [0.25, 0.3) is 0 Å². The molecule has 5 heteroatoms. The summed E-state index contributed by atoms with van der Waals surface area (Å²) in [6.07, 6.45) is -2.19. The van der Waals surface area contributed by atoms with E-state index in [1.807, 2.05) is 0 Å². The first kappa shape index (κ1) is 12.8. The largest absolute Gasteiger partial charge is 0.497 e. The first-order chi connectivity index (χ1) is 6.34. The maximum absolute atomic E-state index is 12.2. The Balaban J connectivity index is 4.95. The number of methoxy groups -OCH3 is 1. The van der Waals surface area contributed by atoms with Crippen LogP contribution < -0.4 is 5.73 Å².